The van der Waals surface area contributed by atoms with Crippen molar-refractivity contribution in [3.63, 3.8) is 0 Å². The van der Waals surface area contributed by atoms with Crippen LogP contribution in [0.4, 0.5) is 17.1 Å². The normalized spacial score (nSPS) is 24.6. The van der Waals surface area contributed by atoms with E-state index in [0.717, 1.165) is 34.0 Å². The average Bonchev–Trinajstić information content (AvgIpc) is 3.96. The summed E-state index contributed by atoms with van der Waals surface area (Å²) in [4.78, 5) is 109. The van der Waals surface area contributed by atoms with Gasteiger partial charge in [-0.1, -0.05) is 68.8 Å². The average molecular weight is 1060 g/mol. The van der Waals surface area contributed by atoms with Crippen LogP contribution in [0, 0.1) is 16.7 Å². The molecule has 4 aromatic carbocycles. The number of thiol groups is 1. The number of benzene rings is 4. The molecule has 7 amide bonds. The monoisotopic (exact) mass is 1060 g/mol. The Bertz CT molecular complexity index is 2970. The zero-order valence-corrected chi connectivity index (χ0v) is 43.8. The van der Waals surface area contributed by atoms with Gasteiger partial charge < -0.3 is 35.2 Å². The van der Waals surface area contributed by atoms with Crippen molar-refractivity contribution in [1.82, 2.24) is 15.5 Å². The minimum atomic E-state index is -3.96. The van der Waals surface area contributed by atoms with Crippen molar-refractivity contribution >= 4 is 123 Å². The number of carbonyl (C=O) groups excluding carboxylic acids is 7. The summed E-state index contributed by atoms with van der Waals surface area (Å²) in [5.41, 5.74) is 1.83. The first-order valence-corrected chi connectivity index (χ1v) is 28.1. The van der Waals surface area contributed by atoms with Gasteiger partial charge in [-0.3, -0.25) is 38.5 Å². The number of nitrogens with zero attached hydrogens (tertiary/aromatic N) is 3. The van der Waals surface area contributed by atoms with Crippen LogP contribution in [0.1, 0.15) is 95.1 Å². The first kappa shape index (κ1) is 51.7. The second-order valence-corrected chi connectivity index (χ2v) is 23.7. The highest BCUT2D eigenvalue weighted by Crippen LogP contribution is 2.75. The molecule has 0 aromatic heterocycles. The van der Waals surface area contributed by atoms with Gasteiger partial charge in [-0.2, -0.15) is 12.6 Å². The van der Waals surface area contributed by atoms with Crippen molar-refractivity contribution in [3.05, 3.63) is 71.8 Å². The highest BCUT2D eigenvalue weighted by molar-refractivity contribution is 7.81. The molecule has 10 rings (SSSR count). The molecule has 3 aliphatic heterocycles. The van der Waals surface area contributed by atoms with Crippen molar-refractivity contribution < 1.29 is 47.5 Å². The van der Waals surface area contributed by atoms with E-state index in [1.165, 1.54) is 4.90 Å². The molecule has 3 heterocycles. The van der Waals surface area contributed by atoms with Gasteiger partial charge in [0.1, 0.15) is 17.8 Å². The lowest BCUT2D eigenvalue weighted by Gasteiger charge is -2.69. The predicted octanol–water partition coefficient (Wildman–Crippen LogP) is 7.60. The number of amides is 7. The molecule has 4 aromatic rings. The minimum absolute atomic E-state index is 0.0892. The quantitative estimate of drug-likeness (QED) is 0.0217. The van der Waals surface area contributed by atoms with Crippen LogP contribution in [-0.2, 0) is 38.1 Å². The van der Waals surface area contributed by atoms with Gasteiger partial charge in [0.15, 0.2) is 0 Å². The van der Waals surface area contributed by atoms with Crippen LogP contribution in [0.15, 0.2) is 60.7 Å². The first-order valence-electron chi connectivity index (χ1n) is 24.5. The van der Waals surface area contributed by atoms with Crippen molar-refractivity contribution in [2.75, 3.05) is 53.2 Å². The Morgan fingerprint density at radius 1 is 0.792 bits per heavy atom. The summed E-state index contributed by atoms with van der Waals surface area (Å²) in [6, 6.07) is 16.4. The minimum Gasteiger partial charge on any atom is -0.424 e. The van der Waals surface area contributed by atoms with E-state index in [1.54, 1.807) is 42.7 Å². The number of unbranched alkanes of at least 4 members (excludes halogenated alkanes) is 2. The number of likely N-dealkylation sites (tertiary alicyclic amines) is 1. The Morgan fingerprint density at radius 3 is 1.86 bits per heavy atom. The number of anilines is 3. The summed E-state index contributed by atoms with van der Waals surface area (Å²) in [5.74, 6) is -2.20. The number of imide groups is 1. The number of fused-ring (bicyclic) bond motifs is 6. The standard InChI is InChI=1S/C52H59Cl2N6O10PS/c1-28(2)45(57-41(61)16-6-5-11-17-58-42(62)20-40(72)48(58)65)47(64)55-29(3)46(63)56-36-18-37-43(34-14-9-7-12-32(34)36)30(21-53)23-59(37)49(66)51-25-52(26-51,27-51)50(67)60-24-31(22-54)44-35-15-10-8-13-33(35)39(19-38(44)60)70-71(4,68)69/h7-10,12-15,18-19,28-31,40,45,72H,5-6,11,16-17,20-27H2,1-4H3,(H,55,64)(H,56,63)(H,57,61)(H,68,69). The Hall–Kier alpha value is -5.19. The summed E-state index contributed by atoms with van der Waals surface area (Å²) < 4.78 is 18.1. The third kappa shape index (κ3) is 9.37. The maximum Gasteiger partial charge on any atom is 0.373 e. The Labute approximate surface area is 433 Å². The van der Waals surface area contributed by atoms with E-state index in [4.69, 9.17) is 27.7 Å². The van der Waals surface area contributed by atoms with Gasteiger partial charge in [0, 0.05) is 85.3 Å². The third-order valence-electron chi connectivity index (χ3n) is 15.1. The van der Waals surface area contributed by atoms with Gasteiger partial charge in [-0.15, -0.1) is 23.2 Å². The maximum atomic E-state index is 14.9. The van der Waals surface area contributed by atoms with Crippen molar-refractivity contribution in [2.45, 2.75) is 101 Å². The van der Waals surface area contributed by atoms with E-state index in [1.807, 2.05) is 48.5 Å². The van der Waals surface area contributed by atoms with E-state index in [9.17, 15) is 43.0 Å². The fourth-order valence-corrected chi connectivity index (χ4v) is 13.0. The summed E-state index contributed by atoms with van der Waals surface area (Å²) in [5, 5.41) is 10.9. The van der Waals surface area contributed by atoms with E-state index in [0.29, 0.717) is 74.1 Å². The molecule has 72 heavy (non-hydrogen) atoms. The van der Waals surface area contributed by atoms with Crippen LogP contribution in [0.5, 0.6) is 5.75 Å². The number of alkyl halides is 2. The molecule has 6 atom stereocenters. The summed E-state index contributed by atoms with van der Waals surface area (Å²) >= 11 is 17.3. The van der Waals surface area contributed by atoms with Crippen molar-refractivity contribution in [1.29, 1.82) is 0 Å². The van der Waals surface area contributed by atoms with Crippen molar-refractivity contribution in [2.24, 2.45) is 16.7 Å². The Kier molecular flexibility index (Phi) is 14.3. The van der Waals surface area contributed by atoms with Gasteiger partial charge >= 0.3 is 7.60 Å². The molecular formula is C52H59Cl2N6O10PS. The molecule has 1 saturated heterocycles. The summed E-state index contributed by atoms with van der Waals surface area (Å²) in [6.45, 7) is 7.15. The Morgan fingerprint density at radius 2 is 1.33 bits per heavy atom. The molecule has 0 spiro atoms. The zero-order chi connectivity index (χ0) is 51.6. The van der Waals surface area contributed by atoms with Gasteiger partial charge in [0.05, 0.1) is 27.5 Å². The molecule has 3 saturated carbocycles. The fraction of sp³-hybridized carbons (Fsp3) is 0.481. The zero-order valence-electron chi connectivity index (χ0n) is 40.5. The van der Waals surface area contributed by atoms with Crippen LogP contribution < -0.4 is 30.3 Å². The second kappa shape index (κ2) is 19.9. The number of nitrogens with one attached hydrogen (secondary N) is 3. The van der Waals surface area contributed by atoms with Gasteiger partial charge in [0.2, 0.25) is 41.4 Å². The fourth-order valence-electron chi connectivity index (χ4n) is 11.7. The molecule has 16 nitrogen and oxygen atoms in total. The molecule has 382 valence electrons. The predicted molar refractivity (Wildman–Crippen MR) is 280 cm³/mol. The molecule has 6 unspecified atom stereocenters. The van der Waals surface area contributed by atoms with Crippen LogP contribution in [0.3, 0.4) is 0 Å². The number of halogens is 2. The number of hydrogen-bond donors (Lipinski definition) is 5. The summed E-state index contributed by atoms with van der Waals surface area (Å²) in [7, 11) is -3.96. The number of rotatable bonds is 18. The second-order valence-electron chi connectivity index (χ2n) is 20.7. The summed E-state index contributed by atoms with van der Waals surface area (Å²) in [6.07, 6.45) is 2.88. The molecule has 4 N–H and O–H groups in total. The van der Waals surface area contributed by atoms with Gasteiger partial charge in [-0.05, 0) is 72.9 Å². The molecule has 2 bridgehead atoms. The molecule has 20 heteroatoms. The molecule has 0 radical (unpaired) electrons. The van der Waals surface area contributed by atoms with Gasteiger partial charge in [0.25, 0.3) is 0 Å². The topological polar surface area (TPSA) is 212 Å². The van der Waals surface area contributed by atoms with Gasteiger partial charge in [-0.25, -0.2) is 4.57 Å². The first-order chi connectivity index (χ1) is 34.2. The van der Waals surface area contributed by atoms with E-state index >= 15 is 0 Å². The highest BCUT2D eigenvalue weighted by atomic mass is 35.5. The number of hydrogen-bond acceptors (Lipinski definition) is 10. The smallest absolute Gasteiger partial charge is 0.373 e. The third-order valence-corrected chi connectivity index (χ3v) is 16.8. The molecular weight excluding hydrogens is 1000 g/mol. The molecule has 6 aliphatic rings. The highest BCUT2D eigenvalue weighted by Gasteiger charge is 2.76. The van der Waals surface area contributed by atoms with Crippen LogP contribution >= 0.6 is 43.4 Å². The largest absolute Gasteiger partial charge is 0.424 e. The van der Waals surface area contributed by atoms with E-state index in [2.05, 4.69) is 28.6 Å². The van der Waals surface area contributed by atoms with E-state index < -0.39 is 47.6 Å². The van der Waals surface area contributed by atoms with Crippen LogP contribution in [-0.4, -0.2) is 107 Å². The SMILES string of the molecule is CC(NC(=O)C(NC(=O)CCCCCN1C(=O)CC(S)C1=O)C(C)C)C(=O)Nc1cc2c(c3ccccc13)C(CCl)CN2C(=O)C12CC(C(=O)N3CC(CCl)c4c3cc(OP(C)(=O)O)c3ccccc43)(C1)C2. The van der Waals surface area contributed by atoms with E-state index in [-0.39, 0.29) is 84.2 Å². The molecule has 3 aliphatic carbocycles. The maximum absolute atomic E-state index is 14.9. The lowest BCUT2D eigenvalue weighted by atomic mass is 9.34. The lowest BCUT2D eigenvalue weighted by Crippen LogP contribution is -2.73. The Balaban J connectivity index is 0.864. The van der Waals surface area contributed by atoms with Crippen molar-refractivity contribution in [3.8, 4) is 5.75 Å². The lowest BCUT2D eigenvalue weighted by molar-refractivity contribution is -0.205. The van der Waals surface area contributed by atoms with Crippen LogP contribution in [0.25, 0.3) is 21.5 Å². The van der Waals surface area contributed by atoms with Crippen LogP contribution in [0.2, 0.25) is 0 Å². The molecule has 4 fully saturated rings. The number of carbonyl (C=O) groups is 7.